The van der Waals surface area contributed by atoms with Gasteiger partial charge in [0.25, 0.3) is 0 Å². The maximum absolute atomic E-state index is 5.55. The Kier molecular flexibility index (Phi) is 4.93. The van der Waals surface area contributed by atoms with Crippen molar-refractivity contribution < 1.29 is 4.74 Å². The van der Waals surface area contributed by atoms with Crippen molar-refractivity contribution in [1.29, 1.82) is 0 Å². The first-order chi connectivity index (χ1) is 8.32. The zero-order valence-corrected chi connectivity index (χ0v) is 12.4. The van der Waals surface area contributed by atoms with Gasteiger partial charge in [0.1, 0.15) is 0 Å². The predicted octanol–water partition coefficient (Wildman–Crippen LogP) is 3.42. The average molecular weight is 251 g/mol. The van der Waals surface area contributed by atoms with E-state index >= 15 is 0 Å². The smallest absolute Gasteiger partial charge is 0.226 e. The maximum Gasteiger partial charge on any atom is 0.226 e. The molecule has 1 rings (SSSR count). The highest BCUT2D eigenvalue weighted by atomic mass is 16.5. The Morgan fingerprint density at radius 2 is 2.00 bits per heavy atom. The van der Waals surface area contributed by atoms with Crippen molar-refractivity contribution in [3.8, 4) is 5.88 Å². The van der Waals surface area contributed by atoms with Gasteiger partial charge < -0.3 is 10.1 Å². The van der Waals surface area contributed by atoms with Crippen molar-refractivity contribution in [2.24, 2.45) is 5.41 Å². The molecule has 0 fully saturated rings. The lowest BCUT2D eigenvalue weighted by atomic mass is 9.88. The van der Waals surface area contributed by atoms with E-state index in [1.165, 1.54) is 0 Å². The number of hydrogen-bond donors (Lipinski definition) is 1. The fraction of sp³-hybridized carbons (Fsp3) is 0.714. The quantitative estimate of drug-likeness (QED) is 0.871. The van der Waals surface area contributed by atoms with Crippen LogP contribution in [-0.4, -0.2) is 22.6 Å². The van der Waals surface area contributed by atoms with E-state index in [4.69, 9.17) is 4.74 Å². The molecule has 0 amide bonds. The molecule has 4 heteroatoms. The van der Waals surface area contributed by atoms with Crippen LogP contribution < -0.4 is 10.1 Å². The van der Waals surface area contributed by atoms with Gasteiger partial charge in [-0.15, -0.1) is 0 Å². The number of aromatic nitrogens is 2. The summed E-state index contributed by atoms with van der Waals surface area (Å²) in [5.41, 5.74) is 1.08. The molecule has 1 unspecified atom stereocenters. The Morgan fingerprint density at radius 1 is 1.33 bits per heavy atom. The molecule has 0 radical (unpaired) electrons. The second-order valence-corrected chi connectivity index (χ2v) is 5.75. The Labute approximate surface area is 110 Å². The summed E-state index contributed by atoms with van der Waals surface area (Å²) in [6.07, 6.45) is 0.976. The van der Waals surface area contributed by atoms with Crippen LogP contribution in [0.25, 0.3) is 0 Å². The number of anilines is 1. The van der Waals surface area contributed by atoms with Gasteiger partial charge in [-0.1, -0.05) is 27.7 Å². The summed E-state index contributed by atoms with van der Waals surface area (Å²) in [6.45, 7) is 13.4. The highest BCUT2D eigenvalue weighted by Crippen LogP contribution is 2.22. The number of ether oxygens (including phenoxy) is 1. The molecule has 18 heavy (non-hydrogen) atoms. The molecule has 1 heterocycles. The van der Waals surface area contributed by atoms with E-state index in [1.807, 2.05) is 13.0 Å². The standard InChI is InChI=1S/C14H25N3O/c1-7-8-18-12-9-10(2)15-13(17-12)16-11(3)14(4,5)6/h9,11H,7-8H2,1-6H3,(H,15,16,17). The summed E-state index contributed by atoms with van der Waals surface area (Å²) in [5.74, 6) is 1.29. The number of nitrogens with one attached hydrogen (secondary N) is 1. The third-order valence-corrected chi connectivity index (χ3v) is 2.93. The van der Waals surface area contributed by atoms with Crippen LogP contribution in [0.3, 0.4) is 0 Å². The largest absolute Gasteiger partial charge is 0.478 e. The molecule has 0 bridgehead atoms. The van der Waals surface area contributed by atoms with Crippen LogP contribution in [-0.2, 0) is 0 Å². The second-order valence-electron chi connectivity index (χ2n) is 5.75. The molecule has 102 valence electrons. The van der Waals surface area contributed by atoms with Gasteiger partial charge in [0.05, 0.1) is 6.61 Å². The van der Waals surface area contributed by atoms with Crippen LogP contribution in [0.5, 0.6) is 5.88 Å². The molecular weight excluding hydrogens is 226 g/mol. The minimum atomic E-state index is 0.164. The fourth-order valence-corrected chi connectivity index (χ4v) is 1.29. The average Bonchev–Trinajstić information content (AvgIpc) is 2.24. The Hall–Kier alpha value is -1.32. The molecule has 0 spiro atoms. The van der Waals surface area contributed by atoms with Crippen molar-refractivity contribution in [2.45, 2.75) is 54.0 Å². The molecule has 1 atom stereocenters. The SMILES string of the molecule is CCCOc1cc(C)nc(NC(C)C(C)(C)C)n1. The molecule has 0 aliphatic rings. The van der Waals surface area contributed by atoms with Gasteiger partial charge in [0.2, 0.25) is 11.8 Å². The van der Waals surface area contributed by atoms with Crippen molar-refractivity contribution in [3.63, 3.8) is 0 Å². The lowest BCUT2D eigenvalue weighted by molar-refractivity contribution is 0.304. The Balaban J connectivity index is 2.79. The monoisotopic (exact) mass is 251 g/mol. The third kappa shape index (κ3) is 4.51. The number of rotatable bonds is 5. The summed E-state index contributed by atoms with van der Waals surface area (Å²) >= 11 is 0. The summed E-state index contributed by atoms with van der Waals surface area (Å²) in [4.78, 5) is 8.77. The minimum absolute atomic E-state index is 0.164. The topological polar surface area (TPSA) is 47.0 Å². The number of nitrogens with zero attached hydrogens (tertiary/aromatic N) is 2. The molecule has 0 aliphatic heterocycles. The van der Waals surface area contributed by atoms with Crippen LogP contribution in [0, 0.1) is 12.3 Å². The van der Waals surface area contributed by atoms with E-state index in [0.29, 0.717) is 24.5 Å². The maximum atomic E-state index is 5.55. The van der Waals surface area contributed by atoms with Crippen molar-refractivity contribution in [1.82, 2.24) is 9.97 Å². The number of hydrogen-bond acceptors (Lipinski definition) is 4. The van der Waals surface area contributed by atoms with Crippen molar-refractivity contribution >= 4 is 5.95 Å². The molecule has 0 saturated heterocycles. The lowest BCUT2D eigenvalue weighted by Crippen LogP contribution is -2.31. The van der Waals surface area contributed by atoms with Crippen LogP contribution >= 0.6 is 0 Å². The zero-order chi connectivity index (χ0) is 13.8. The Morgan fingerprint density at radius 3 is 2.56 bits per heavy atom. The third-order valence-electron chi connectivity index (χ3n) is 2.93. The lowest BCUT2D eigenvalue weighted by Gasteiger charge is -2.28. The molecular formula is C14H25N3O. The van der Waals surface area contributed by atoms with E-state index in [0.717, 1.165) is 12.1 Å². The minimum Gasteiger partial charge on any atom is -0.478 e. The van der Waals surface area contributed by atoms with Crippen molar-refractivity contribution in [2.75, 3.05) is 11.9 Å². The molecule has 1 aromatic rings. The molecule has 0 saturated carbocycles. The normalized spacial score (nSPS) is 13.2. The summed E-state index contributed by atoms with van der Waals surface area (Å²) in [5, 5.41) is 3.34. The van der Waals surface area contributed by atoms with Crippen LogP contribution in [0.1, 0.15) is 46.7 Å². The van der Waals surface area contributed by atoms with E-state index in [-0.39, 0.29) is 5.41 Å². The molecule has 0 aromatic carbocycles. The predicted molar refractivity (Wildman–Crippen MR) is 75.1 cm³/mol. The summed E-state index contributed by atoms with van der Waals surface area (Å²) in [7, 11) is 0. The molecule has 1 N–H and O–H groups in total. The van der Waals surface area contributed by atoms with Crippen LogP contribution in [0.2, 0.25) is 0 Å². The summed E-state index contributed by atoms with van der Waals surface area (Å²) < 4.78 is 5.55. The first-order valence-corrected chi connectivity index (χ1v) is 6.58. The van der Waals surface area contributed by atoms with E-state index in [2.05, 4.69) is 49.9 Å². The van der Waals surface area contributed by atoms with E-state index < -0.39 is 0 Å². The van der Waals surface area contributed by atoms with Crippen LogP contribution in [0.15, 0.2) is 6.07 Å². The van der Waals surface area contributed by atoms with Gasteiger partial charge in [-0.3, -0.25) is 0 Å². The molecule has 1 aromatic heterocycles. The number of aryl methyl sites for hydroxylation is 1. The van der Waals surface area contributed by atoms with Gasteiger partial charge in [0.15, 0.2) is 0 Å². The van der Waals surface area contributed by atoms with Gasteiger partial charge in [0, 0.05) is 17.8 Å². The molecule has 0 aliphatic carbocycles. The first-order valence-electron chi connectivity index (χ1n) is 6.58. The van der Waals surface area contributed by atoms with E-state index in [9.17, 15) is 0 Å². The van der Waals surface area contributed by atoms with Crippen LogP contribution in [0.4, 0.5) is 5.95 Å². The molecule has 4 nitrogen and oxygen atoms in total. The fourth-order valence-electron chi connectivity index (χ4n) is 1.29. The Bertz CT molecular complexity index is 385. The van der Waals surface area contributed by atoms with Gasteiger partial charge in [-0.2, -0.15) is 4.98 Å². The van der Waals surface area contributed by atoms with E-state index in [1.54, 1.807) is 0 Å². The van der Waals surface area contributed by atoms with Gasteiger partial charge >= 0.3 is 0 Å². The zero-order valence-electron chi connectivity index (χ0n) is 12.4. The van der Waals surface area contributed by atoms with Crippen molar-refractivity contribution in [3.05, 3.63) is 11.8 Å². The highest BCUT2D eigenvalue weighted by Gasteiger charge is 2.20. The van der Waals surface area contributed by atoms with Gasteiger partial charge in [-0.05, 0) is 25.7 Å². The summed E-state index contributed by atoms with van der Waals surface area (Å²) in [6, 6.07) is 2.15. The second kappa shape index (κ2) is 6.03. The highest BCUT2D eigenvalue weighted by molar-refractivity contribution is 5.32. The first kappa shape index (κ1) is 14.7. The van der Waals surface area contributed by atoms with Gasteiger partial charge in [-0.25, -0.2) is 4.98 Å².